The number of phenols is 1. The standard InChI is InChI=1S/C28H42O4/c1-20(11-7-13-24(18-29)19-30)9-6-10-21(2)12-8-15-28(5)16-14-25-17-26(31)22(3)23(4)27(25)32-28/h9,12-13,17,29-31H,6-8,10-11,14-16,18-19H2,1-5H3/t28-/m1/s1. The maximum Gasteiger partial charge on any atom is 0.126 e. The molecule has 32 heavy (non-hydrogen) atoms. The van der Waals surface area contributed by atoms with Gasteiger partial charge in [0.2, 0.25) is 0 Å². The molecule has 0 spiro atoms. The molecule has 1 aliphatic rings. The van der Waals surface area contributed by atoms with Crippen molar-refractivity contribution in [1.82, 2.24) is 0 Å². The van der Waals surface area contributed by atoms with Crippen molar-refractivity contribution in [3.05, 3.63) is 57.7 Å². The van der Waals surface area contributed by atoms with Crippen molar-refractivity contribution in [2.45, 2.75) is 91.6 Å². The molecule has 1 heterocycles. The van der Waals surface area contributed by atoms with Crippen molar-refractivity contribution in [2.75, 3.05) is 13.2 Å². The Labute approximate surface area is 194 Å². The third-order valence-corrected chi connectivity index (χ3v) is 6.74. The van der Waals surface area contributed by atoms with Gasteiger partial charge in [0.1, 0.15) is 17.1 Å². The molecule has 2 rings (SSSR count). The van der Waals surface area contributed by atoms with Crippen LogP contribution in [0.3, 0.4) is 0 Å². The molecule has 0 fully saturated rings. The lowest BCUT2D eigenvalue weighted by atomic mass is 9.87. The molecule has 1 aromatic rings. The number of fused-ring (bicyclic) bond motifs is 1. The first-order valence-corrected chi connectivity index (χ1v) is 11.9. The molecule has 0 unspecified atom stereocenters. The Kier molecular flexibility index (Phi) is 10.0. The summed E-state index contributed by atoms with van der Waals surface area (Å²) in [5.74, 6) is 1.34. The average Bonchev–Trinajstić information content (AvgIpc) is 2.76. The summed E-state index contributed by atoms with van der Waals surface area (Å²) in [5, 5.41) is 28.2. The Hall–Kier alpha value is -2.04. The maximum atomic E-state index is 10.1. The van der Waals surface area contributed by atoms with Crippen LogP contribution < -0.4 is 4.74 Å². The predicted octanol–water partition coefficient (Wildman–Crippen LogP) is 6.24. The van der Waals surface area contributed by atoms with E-state index in [1.54, 1.807) is 0 Å². The molecule has 4 nitrogen and oxygen atoms in total. The van der Waals surface area contributed by atoms with Gasteiger partial charge in [-0.25, -0.2) is 0 Å². The molecule has 0 bridgehead atoms. The number of aliphatic hydroxyl groups is 2. The van der Waals surface area contributed by atoms with E-state index in [4.69, 9.17) is 14.9 Å². The van der Waals surface area contributed by atoms with Crippen molar-refractivity contribution in [1.29, 1.82) is 0 Å². The average molecular weight is 443 g/mol. The number of rotatable bonds is 11. The molecule has 0 amide bonds. The first-order chi connectivity index (χ1) is 15.2. The zero-order valence-electron chi connectivity index (χ0n) is 20.6. The summed E-state index contributed by atoms with van der Waals surface area (Å²) in [6.45, 7) is 10.4. The van der Waals surface area contributed by atoms with Gasteiger partial charge in [-0.2, -0.15) is 0 Å². The van der Waals surface area contributed by atoms with Crippen molar-refractivity contribution < 1.29 is 20.1 Å². The summed E-state index contributed by atoms with van der Waals surface area (Å²) in [5.41, 5.74) is 6.38. The smallest absolute Gasteiger partial charge is 0.126 e. The lowest BCUT2D eigenvalue weighted by Crippen LogP contribution is -2.36. The van der Waals surface area contributed by atoms with Gasteiger partial charge in [0.25, 0.3) is 0 Å². The van der Waals surface area contributed by atoms with Crippen LogP contribution in [0.5, 0.6) is 11.5 Å². The number of aromatic hydroxyl groups is 1. The van der Waals surface area contributed by atoms with Crippen LogP contribution in [0.2, 0.25) is 0 Å². The molecule has 1 aliphatic heterocycles. The molecule has 0 aliphatic carbocycles. The van der Waals surface area contributed by atoms with E-state index in [9.17, 15) is 5.11 Å². The van der Waals surface area contributed by atoms with Crippen LogP contribution >= 0.6 is 0 Å². The van der Waals surface area contributed by atoms with Gasteiger partial charge >= 0.3 is 0 Å². The molecule has 178 valence electrons. The Morgan fingerprint density at radius 1 is 0.969 bits per heavy atom. The van der Waals surface area contributed by atoms with Crippen LogP contribution in [-0.2, 0) is 6.42 Å². The minimum Gasteiger partial charge on any atom is -0.508 e. The molecular formula is C28H42O4. The number of benzene rings is 1. The van der Waals surface area contributed by atoms with E-state index < -0.39 is 0 Å². The van der Waals surface area contributed by atoms with Crippen LogP contribution in [0.25, 0.3) is 0 Å². The predicted molar refractivity (Wildman–Crippen MR) is 132 cm³/mol. The molecule has 0 saturated carbocycles. The molecule has 4 heteroatoms. The van der Waals surface area contributed by atoms with Gasteiger partial charge in [-0.1, -0.05) is 29.4 Å². The van der Waals surface area contributed by atoms with Gasteiger partial charge in [0.05, 0.1) is 13.2 Å². The fourth-order valence-electron chi connectivity index (χ4n) is 4.20. The molecule has 0 radical (unpaired) electrons. The number of aryl methyl sites for hydroxylation is 1. The van der Waals surface area contributed by atoms with E-state index in [0.29, 0.717) is 11.3 Å². The molecule has 0 aromatic heterocycles. The molecular weight excluding hydrogens is 400 g/mol. The highest BCUT2D eigenvalue weighted by Gasteiger charge is 2.32. The van der Waals surface area contributed by atoms with Gasteiger partial charge in [-0.15, -0.1) is 0 Å². The Morgan fingerprint density at radius 3 is 2.19 bits per heavy atom. The van der Waals surface area contributed by atoms with Crippen LogP contribution in [-0.4, -0.2) is 34.1 Å². The van der Waals surface area contributed by atoms with Gasteiger partial charge < -0.3 is 20.1 Å². The van der Waals surface area contributed by atoms with E-state index >= 15 is 0 Å². The van der Waals surface area contributed by atoms with Crippen molar-refractivity contribution >= 4 is 0 Å². The van der Waals surface area contributed by atoms with Gasteiger partial charge in [0, 0.05) is 0 Å². The van der Waals surface area contributed by atoms with E-state index in [-0.39, 0.29) is 18.8 Å². The Bertz CT molecular complexity index is 857. The van der Waals surface area contributed by atoms with Crippen LogP contribution in [0.4, 0.5) is 0 Å². The summed E-state index contributed by atoms with van der Waals surface area (Å²) in [7, 11) is 0. The number of ether oxygens (including phenoxy) is 1. The first-order valence-electron chi connectivity index (χ1n) is 11.9. The van der Waals surface area contributed by atoms with Gasteiger partial charge in [-0.3, -0.25) is 0 Å². The fourth-order valence-corrected chi connectivity index (χ4v) is 4.20. The zero-order valence-corrected chi connectivity index (χ0v) is 20.6. The Balaban J connectivity index is 1.80. The van der Waals surface area contributed by atoms with Crippen LogP contribution in [0.15, 0.2) is 41.0 Å². The summed E-state index contributed by atoms with van der Waals surface area (Å²) < 4.78 is 6.47. The summed E-state index contributed by atoms with van der Waals surface area (Å²) in [6, 6.07) is 1.87. The normalized spacial score (nSPS) is 18.8. The van der Waals surface area contributed by atoms with Gasteiger partial charge in [0.15, 0.2) is 0 Å². The third-order valence-electron chi connectivity index (χ3n) is 6.74. The maximum absolute atomic E-state index is 10.1. The highest BCUT2D eigenvalue weighted by molar-refractivity contribution is 5.53. The minimum absolute atomic E-state index is 0.0668. The summed E-state index contributed by atoms with van der Waals surface area (Å²) >= 11 is 0. The fraction of sp³-hybridized carbons (Fsp3) is 0.571. The molecule has 1 aromatic carbocycles. The highest BCUT2D eigenvalue weighted by atomic mass is 16.5. The number of aliphatic hydroxyl groups excluding tert-OH is 2. The van der Waals surface area contributed by atoms with Crippen LogP contribution in [0, 0.1) is 13.8 Å². The summed E-state index contributed by atoms with van der Waals surface area (Å²) in [4.78, 5) is 0. The van der Waals surface area contributed by atoms with Gasteiger partial charge in [-0.05, 0) is 114 Å². The van der Waals surface area contributed by atoms with Crippen molar-refractivity contribution in [3.8, 4) is 11.5 Å². The summed E-state index contributed by atoms with van der Waals surface area (Å²) in [6.07, 6.45) is 14.4. The topological polar surface area (TPSA) is 69.9 Å². The monoisotopic (exact) mass is 442 g/mol. The first kappa shape index (κ1) is 26.2. The SMILES string of the molecule is CC(=CCCC(C)=CCC[C@]1(C)CCc2cc(O)c(C)c(C)c2O1)CCC=C(CO)CO. The van der Waals surface area contributed by atoms with Crippen LogP contribution in [0.1, 0.15) is 82.4 Å². The largest absolute Gasteiger partial charge is 0.508 e. The second-order valence-electron chi connectivity index (χ2n) is 9.58. The minimum atomic E-state index is -0.163. The van der Waals surface area contributed by atoms with E-state index in [2.05, 4.69) is 32.9 Å². The second kappa shape index (κ2) is 12.3. The third kappa shape index (κ3) is 7.53. The van der Waals surface area contributed by atoms with E-state index in [1.165, 1.54) is 11.1 Å². The molecule has 0 saturated heterocycles. The number of phenolic OH excluding ortho intramolecular Hbond substituents is 1. The Morgan fingerprint density at radius 2 is 1.56 bits per heavy atom. The molecule has 3 N–H and O–H groups in total. The lowest BCUT2D eigenvalue weighted by molar-refractivity contribution is 0.0560. The quantitative estimate of drug-likeness (QED) is 0.355. The van der Waals surface area contributed by atoms with E-state index in [1.807, 2.05) is 26.0 Å². The zero-order chi connectivity index (χ0) is 23.7. The van der Waals surface area contributed by atoms with E-state index in [0.717, 1.165) is 73.8 Å². The number of allylic oxidation sites excluding steroid dienone is 5. The molecule has 1 atom stereocenters. The number of hydrogen-bond donors (Lipinski definition) is 3. The van der Waals surface area contributed by atoms with Crippen molar-refractivity contribution in [2.24, 2.45) is 0 Å². The number of hydrogen-bond acceptors (Lipinski definition) is 4. The van der Waals surface area contributed by atoms with Crippen molar-refractivity contribution in [3.63, 3.8) is 0 Å². The lowest BCUT2D eigenvalue weighted by Gasteiger charge is -2.37. The second-order valence-corrected chi connectivity index (χ2v) is 9.58. The highest BCUT2D eigenvalue weighted by Crippen LogP contribution is 2.41.